The van der Waals surface area contributed by atoms with Crippen LogP contribution in [0.25, 0.3) is 0 Å². The van der Waals surface area contributed by atoms with Crippen LogP contribution in [0.1, 0.15) is 33.1 Å². The van der Waals surface area contributed by atoms with Crippen LogP contribution in [-0.4, -0.2) is 70.0 Å². The van der Waals surface area contributed by atoms with Gasteiger partial charge in [0.25, 0.3) is 0 Å². The van der Waals surface area contributed by atoms with E-state index in [2.05, 4.69) is 17.1 Å². The van der Waals surface area contributed by atoms with E-state index in [-0.39, 0.29) is 5.91 Å². The molecule has 126 valence electrons. The molecule has 0 aliphatic carbocycles. The summed E-state index contributed by atoms with van der Waals surface area (Å²) in [5, 5.41) is 3.27. The zero-order valence-corrected chi connectivity index (χ0v) is 14.1. The van der Waals surface area contributed by atoms with Crippen molar-refractivity contribution in [3.63, 3.8) is 0 Å². The van der Waals surface area contributed by atoms with Crippen LogP contribution in [0.5, 0.6) is 0 Å². The van der Waals surface area contributed by atoms with E-state index in [4.69, 9.17) is 15.2 Å². The van der Waals surface area contributed by atoms with Gasteiger partial charge < -0.3 is 25.4 Å². The highest BCUT2D eigenvalue weighted by Gasteiger charge is 2.30. The predicted octanol–water partition coefficient (Wildman–Crippen LogP) is 0.605. The molecule has 1 unspecified atom stereocenters. The van der Waals surface area contributed by atoms with E-state index < -0.39 is 5.54 Å². The highest BCUT2D eigenvalue weighted by atomic mass is 16.5. The van der Waals surface area contributed by atoms with Crippen LogP contribution in [0, 0.1) is 0 Å². The van der Waals surface area contributed by atoms with E-state index in [1.165, 1.54) is 0 Å². The van der Waals surface area contributed by atoms with Crippen molar-refractivity contribution in [2.24, 2.45) is 5.73 Å². The standard InChI is InChI=1S/C15H33N3O3/c1-5-8-17-15(2,14(16)19)7-10-18(11-13-21-4)9-6-12-20-3/h17H,5-13H2,1-4H3,(H2,16,19). The Morgan fingerprint density at radius 2 is 1.86 bits per heavy atom. The lowest BCUT2D eigenvalue weighted by Gasteiger charge is -2.31. The molecule has 1 amide bonds. The minimum absolute atomic E-state index is 0.292. The summed E-state index contributed by atoms with van der Waals surface area (Å²) < 4.78 is 10.2. The summed E-state index contributed by atoms with van der Waals surface area (Å²) in [6, 6.07) is 0. The summed E-state index contributed by atoms with van der Waals surface area (Å²) in [7, 11) is 3.40. The van der Waals surface area contributed by atoms with E-state index in [9.17, 15) is 4.79 Å². The number of nitrogens with two attached hydrogens (primary N) is 1. The van der Waals surface area contributed by atoms with Crippen molar-refractivity contribution in [2.45, 2.75) is 38.6 Å². The molecule has 6 nitrogen and oxygen atoms in total. The van der Waals surface area contributed by atoms with Gasteiger partial charge in [-0.15, -0.1) is 0 Å². The molecule has 0 aromatic heterocycles. The SMILES string of the molecule is CCCNC(C)(CCN(CCCOC)CCOC)C(N)=O. The number of rotatable bonds is 14. The van der Waals surface area contributed by atoms with Gasteiger partial charge in [-0.3, -0.25) is 4.79 Å². The molecular formula is C15H33N3O3. The molecule has 0 saturated heterocycles. The third kappa shape index (κ3) is 9.03. The minimum atomic E-state index is -0.650. The summed E-state index contributed by atoms with van der Waals surface area (Å²) in [5.41, 5.74) is 4.90. The van der Waals surface area contributed by atoms with Gasteiger partial charge in [-0.2, -0.15) is 0 Å². The van der Waals surface area contributed by atoms with Crippen LogP contribution < -0.4 is 11.1 Å². The molecule has 0 rings (SSSR count). The molecule has 0 heterocycles. The highest BCUT2D eigenvalue weighted by molar-refractivity contribution is 5.84. The van der Waals surface area contributed by atoms with Gasteiger partial charge in [-0.1, -0.05) is 6.92 Å². The Labute approximate surface area is 129 Å². The maximum atomic E-state index is 11.7. The summed E-state index contributed by atoms with van der Waals surface area (Å²) in [5.74, 6) is -0.292. The van der Waals surface area contributed by atoms with Crippen LogP contribution >= 0.6 is 0 Å². The average molecular weight is 303 g/mol. The number of methoxy groups -OCH3 is 2. The first kappa shape index (κ1) is 20.3. The van der Waals surface area contributed by atoms with Crippen molar-refractivity contribution in [1.29, 1.82) is 0 Å². The third-order valence-corrected chi connectivity index (χ3v) is 3.67. The lowest BCUT2D eigenvalue weighted by Crippen LogP contribution is -2.55. The van der Waals surface area contributed by atoms with Gasteiger partial charge in [0.2, 0.25) is 5.91 Å². The van der Waals surface area contributed by atoms with Gasteiger partial charge in [0, 0.05) is 40.5 Å². The summed E-state index contributed by atoms with van der Waals surface area (Å²) in [6.45, 7) is 8.76. The monoisotopic (exact) mass is 303 g/mol. The van der Waals surface area contributed by atoms with E-state index >= 15 is 0 Å². The molecule has 3 N–H and O–H groups in total. The summed E-state index contributed by atoms with van der Waals surface area (Å²) in [6.07, 6.45) is 2.64. The molecule has 0 aromatic rings. The molecular weight excluding hydrogens is 270 g/mol. The molecule has 0 radical (unpaired) electrons. The summed E-state index contributed by atoms with van der Waals surface area (Å²) in [4.78, 5) is 14.0. The zero-order valence-electron chi connectivity index (χ0n) is 14.1. The van der Waals surface area contributed by atoms with Crippen LogP contribution in [0.4, 0.5) is 0 Å². The Hall–Kier alpha value is -0.690. The highest BCUT2D eigenvalue weighted by Crippen LogP contribution is 2.11. The number of carbonyl (C=O) groups excluding carboxylic acids is 1. The quantitative estimate of drug-likeness (QED) is 0.460. The first-order chi connectivity index (χ1) is 10.00. The normalized spacial score (nSPS) is 14.3. The topological polar surface area (TPSA) is 76.8 Å². The molecule has 0 fully saturated rings. The largest absolute Gasteiger partial charge is 0.385 e. The molecule has 6 heteroatoms. The Morgan fingerprint density at radius 1 is 1.19 bits per heavy atom. The van der Waals surface area contributed by atoms with Crippen molar-refractivity contribution in [3.8, 4) is 0 Å². The number of hydrogen-bond donors (Lipinski definition) is 2. The second kappa shape index (κ2) is 11.9. The molecule has 0 spiro atoms. The van der Waals surface area contributed by atoms with Gasteiger partial charge in [-0.25, -0.2) is 0 Å². The van der Waals surface area contributed by atoms with Gasteiger partial charge in [0.05, 0.1) is 12.1 Å². The van der Waals surface area contributed by atoms with Crippen LogP contribution in [0.15, 0.2) is 0 Å². The lowest BCUT2D eigenvalue weighted by atomic mass is 9.96. The third-order valence-electron chi connectivity index (χ3n) is 3.67. The van der Waals surface area contributed by atoms with E-state index in [0.29, 0.717) is 13.0 Å². The van der Waals surface area contributed by atoms with Crippen molar-refractivity contribution >= 4 is 5.91 Å². The number of carbonyl (C=O) groups is 1. The van der Waals surface area contributed by atoms with E-state index in [1.54, 1.807) is 14.2 Å². The van der Waals surface area contributed by atoms with Gasteiger partial charge in [0.15, 0.2) is 0 Å². The Balaban J connectivity index is 4.40. The van der Waals surface area contributed by atoms with Crippen molar-refractivity contribution in [1.82, 2.24) is 10.2 Å². The molecule has 0 aromatic carbocycles. The lowest BCUT2D eigenvalue weighted by molar-refractivity contribution is -0.124. The number of hydrogen-bond acceptors (Lipinski definition) is 5. The number of nitrogens with one attached hydrogen (secondary N) is 1. The second-order valence-corrected chi connectivity index (χ2v) is 5.55. The van der Waals surface area contributed by atoms with Gasteiger partial charge >= 0.3 is 0 Å². The van der Waals surface area contributed by atoms with Crippen molar-refractivity contribution < 1.29 is 14.3 Å². The van der Waals surface area contributed by atoms with Crippen molar-refractivity contribution in [3.05, 3.63) is 0 Å². The first-order valence-corrected chi connectivity index (χ1v) is 7.75. The summed E-state index contributed by atoms with van der Waals surface area (Å²) >= 11 is 0. The average Bonchev–Trinajstić information content (AvgIpc) is 2.47. The Morgan fingerprint density at radius 3 is 2.38 bits per heavy atom. The zero-order chi connectivity index (χ0) is 16.1. The fourth-order valence-corrected chi connectivity index (χ4v) is 2.07. The van der Waals surface area contributed by atoms with Crippen LogP contribution in [-0.2, 0) is 14.3 Å². The van der Waals surface area contributed by atoms with Gasteiger partial charge in [-0.05, 0) is 32.7 Å². The van der Waals surface area contributed by atoms with Gasteiger partial charge in [0.1, 0.15) is 0 Å². The van der Waals surface area contributed by atoms with Crippen LogP contribution in [0.2, 0.25) is 0 Å². The Kier molecular flexibility index (Phi) is 11.5. The van der Waals surface area contributed by atoms with Crippen LogP contribution in [0.3, 0.4) is 0 Å². The molecule has 0 bridgehead atoms. The smallest absolute Gasteiger partial charge is 0.237 e. The molecule has 0 aliphatic heterocycles. The second-order valence-electron chi connectivity index (χ2n) is 5.55. The molecule has 0 aliphatic rings. The van der Waals surface area contributed by atoms with Crippen molar-refractivity contribution in [2.75, 3.05) is 53.6 Å². The molecule has 0 saturated carbocycles. The maximum absolute atomic E-state index is 11.7. The fraction of sp³-hybridized carbons (Fsp3) is 0.933. The first-order valence-electron chi connectivity index (χ1n) is 7.75. The number of primary amides is 1. The maximum Gasteiger partial charge on any atom is 0.237 e. The number of nitrogens with zero attached hydrogens (tertiary/aromatic N) is 1. The Bertz CT molecular complexity index is 277. The predicted molar refractivity (Wildman–Crippen MR) is 85.3 cm³/mol. The van der Waals surface area contributed by atoms with E-state index in [0.717, 1.165) is 45.6 Å². The molecule has 1 atom stereocenters. The fourth-order valence-electron chi connectivity index (χ4n) is 2.07. The number of amides is 1. The minimum Gasteiger partial charge on any atom is -0.385 e. The molecule has 21 heavy (non-hydrogen) atoms. The number of ether oxygens (including phenoxy) is 2. The van der Waals surface area contributed by atoms with E-state index in [1.807, 2.05) is 6.92 Å².